The maximum Gasteiger partial charge on any atom is 0.417 e. The average Bonchev–Trinajstić information content (AvgIpc) is 2.83. The first-order chi connectivity index (χ1) is 9.81. The van der Waals surface area contributed by atoms with E-state index in [1.54, 1.807) is 0 Å². The third-order valence-electron chi connectivity index (χ3n) is 3.62. The monoisotopic (exact) mass is 320 g/mol. The zero-order valence-electron chi connectivity index (χ0n) is 10.8. The maximum atomic E-state index is 12.9. The van der Waals surface area contributed by atoms with Crippen molar-refractivity contribution in [3.8, 4) is 0 Å². The Hall–Kier alpha value is -1.38. The summed E-state index contributed by atoms with van der Waals surface area (Å²) in [6.07, 6.45) is -2.65. The molecule has 0 unspecified atom stereocenters. The van der Waals surface area contributed by atoms with Crippen LogP contribution in [0.4, 0.5) is 13.2 Å². The molecule has 21 heavy (non-hydrogen) atoms. The van der Waals surface area contributed by atoms with Crippen LogP contribution in [0.3, 0.4) is 0 Å². The molecule has 3 heterocycles. The fraction of sp³-hybridized carbons (Fsp3) is 0.500. The third kappa shape index (κ3) is 2.47. The molecular formula is C12H12ClF3N4O. The molecule has 0 amide bonds. The van der Waals surface area contributed by atoms with E-state index in [2.05, 4.69) is 10.2 Å². The lowest BCUT2D eigenvalue weighted by atomic mass is 9.90. The fourth-order valence-corrected chi connectivity index (χ4v) is 2.65. The van der Waals surface area contributed by atoms with E-state index in [0.29, 0.717) is 26.1 Å². The van der Waals surface area contributed by atoms with Gasteiger partial charge in [0.05, 0.1) is 16.1 Å². The maximum absolute atomic E-state index is 12.9. The highest BCUT2D eigenvalue weighted by Gasteiger charge is 2.37. The van der Waals surface area contributed by atoms with Gasteiger partial charge in [0, 0.05) is 19.4 Å². The molecule has 3 rings (SSSR count). The van der Waals surface area contributed by atoms with E-state index in [4.69, 9.17) is 22.1 Å². The second-order valence-electron chi connectivity index (χ2n) is 5.06. The van der Waals surface area contributed by atoms with Crippen LogP contribution in [0.15, 0.2) is 12.3 Å². The second kappa shape index (κ2) is 4.82. The predicted octanol–water partition coefficient (Wildman–Crippen LogP) is 2.37. The number of aromatic nitrogens is 3. The molecule has 0 bridgehead atoms. The molecular weight excluding hydrogens is 309 g/mol. The third-order valence-corrected chi connectivity index (χ3v) is 3.90. The van der Waals surface area contributed by atoms with Crippen molar-refractivity contribution in [2.45, 2.75) is 24.6 Å². The summed E-state index contributed by atoms with van der Waals surface area (Å²) in [7, 11) is 0. The minimum atomic E-state index is -4.50. The number of rotatable bonds is 1. The van der Waals surface area contributed by atoms with Crippen LogP contribution < -0.4 is 5.73 Å². The van der Waals surface area contributed by atoms with Gasteiger partial charge in [0.1, 0.15) is 0 Å². The van der Waals surface area contributed by atoms with E-state index in [0.717, 1.165) is 12.3 Å². The fourth-order valence-electron chi connectivity index (χ4n) is 2.41. The van der Waals surface area contributed by atoms with Gasteiger partial charge in [-0.3, -0.25) is 4.40 Å². The van der Waals surface area contributed by atoms with Gasteiger partial charge in [0.2, 0.25) is 0 Å². The smallest absolute Gasteiger partial charge is 0.381 e. The van der Waals surface area contributed by atoms with Gasteiger partial charge in [0.25, 0.3) is 0 Å². The number of alkyl halides is 3. The molecule has 0 radical (unpaired) electrons. The highest BCUT2D eigenvalue weighted by Crippen LogP contribution is 2.34. The van der Waals surface area contributed by atoms with E-state index in [1.165, 1.54) is 4.40 Å². The Balaban J connectivity index is 2.18. The Morgan fingerprint density at radius 3 is 2.57 bits per heavy atom. The second-order valence-corrected chi connectivity index (χ2v) is 5.47. The number of nitrogens with two attached hydrogens (primary N) is 1. The first-order valence-corrected chi connectivity index (χ1v) is 6.68. The van der Waals surface area contributed by atoms with E-state index in [9.17, 15) is 13.2 Å². The van der Waals surface area contributed by atoms with Crippen LogP contribution in [0.1, 0.15) is 24.2 Å². The van der Waals surface area contributed by atoms with E-state index >= 15 is 0 Å². The molecule has 0 atom stereocenters. The standard InChI is InChI=1S/C12H12ClF3N4O/c13-8-5-7(12(14,15)16)6-20-9(8)18-19-10(20)11(17)1-3-21-4-2-11/h5-6H,1-4,17H2. The van der Waals surface area contributed by atoms with Crippen LogP contribution >= 0.6 is 11.6 Å². The molecule has 1 aliphatic rings. The zero-order valence-corrected chi connectivity index (χ0v) is 11.6. The topological polar surface area (TPSA) is 65.4 Å². The van der Waals surface area contributed by atoms with Crippen LogP contribution in [0.5, 0.6) is 0 Å². The van der Waals surface area contributed by atoms with Crippen molar-refractivity contribution in [1.82, 2.24) is 14.6 Å². The van der Waals surface area contributed by atoms with Gasteiger partial charge in [-0.05, 0) is 18.9 Å². The van der Waals surface area contributed by atoms with Gasteiger partial charge < -0.3 is 10.5 Å². The molecule has 1 fully saturated rings. The largest absolute Gasteiger partial charge is 0.417 e. The predicted molar refractivity (Wildman–Crippen MR) is 68.9 cm³/mol. The highest BCUT2D eigenvalue weighted by atomic mass is 35.5. The van der Waals surface area contributed by atoms with Gasteiger partial charge >= 0.3 is 6.18 Å². The molecule has 0 spiro atoms. The van der Waals surface area contributed by atoms with Gasteiger partial charge in [0.15, 0.2) is 11.5 Å². The minimum absolute atomic E-state index is 0.112. The van der Waals surface area contributed by atoms with Crippen molar-refractivity contribution >= 4 is 17.2 Å². The van der Waals surface area contributed by atoms with Crippen LogP contribution in [0.25, 0.3) is 5.65 Å². The SMILES string of the molecule is NC1(c2nnc3c(Cl)cc(C(F)(F)F)cn23)CCOCC1. The van der Waals surface area contributed by atoms with Crippen molar-refractivity contribution in [2.24, 2.45) is 5.73 Å². The lowest BCUT2D eigenvalue weighted by Crippen LogP contribution is -2.43. The first-order valence-electron chi connectivity index (χ1n) is 6.30. The lowest BCUT2D eigenvalue weighted by molar-refractivity contribution is -0.137. The number of fused-ring (bicyclic) bond motifs is 1. The first kappa shape index (κ1) is 14.6. The lowest BCUT2D eigenvalue weighted by Gasteiger charge is -2.31. The summed E-state index contributed by atoms with van der Waals surface area (Å²) in [6, 6.07) is 0.836. The van der Waals surface area contributed by atoms with Crippen molar-refractivity contribution in [3.63, 3.8) is 0 Å². The van der Waals surface area contributed by atoms with E-state index < -0.39 is 17.3 Å². The van der Waals surface area contributed by atoms with Crippen LogP contribution in [-0.2, 0) is 16.5 Å². The molecule has 0 saturated carbocycles. The minimum Gasteiger partial charge on any atom is -0.381 e. The van der Waals surface area contributed by atoms with Crippen LogP contribution in [0, 0.1) is 0 Å². The van der Waals surface area contributed by atoms with Gasteiger partial charge in [-0.15, -0.1) is 10.2 Å². The summed E-state index contributed by atoms with van der Waals surface area (Å²) in [5, 5.41) is 7.70. The molecule has 2 aromatic rings. The number of halogens is 4. The normalized spacial score (nSPS) is 19.1. The van der Waals surface area contributed by atoms with Gasteiger partial charge in [-0.1, -0.05) is 11.6 Å². The number of pyridine rings is 1. The summed E-state index contributed by atoms with van der Waals surface area (Å²) in [4.78, 5) is 0. The molecule has 114 valence electrons. The average molecular weight is 321 g/mol. The zero-order chi connectivity index (χ0) is 15.3. The van der Waals surface area contributed by atoms with Gasteiger partial charge in [-0.2, -0.15) is 13.2 Å². The molecule has 2 N–H and O–H groups in total. The number of nitrogens with zero attached hydrogens (tertiary/aromatic N) is 3. The molecule has 0 aromatic carbocycles. The Morgan fingerprint density at radius 2 is 1.95 bits per heavy atom. The summed E-state index contributed by atoms with van der Waals surface area (Å²) in [5.74, 6) is 0.272. The summed E-state index contributed by atoms with van der Waals surface area (Å²) >= 11 is 5.88. The quantitative estimate of drug-likeness (QED) is 0.876. The number of hydrogen-bond acceptors (Lipinski definition) is 4. The molecule has 1 saturated heterocycles. The van der Waals surface area contributed by atoms with E-state index in [-0.39, 0.29) is 16.5 Å². The Labute approximate surface area is 122 Å². The van der Waals surface area contributed by atoms with Crippen LogP contribution in [0.2, 0.25) is 5.02 Å². The summed E-state index contributed by atoms with van der Waals surface area (Å²) in [6.45, 7) is 0.857. The number of ether oxygens (including phenoxy) is 1. The summed E-state index contributed by atoms with van der Waals surface area (Å²) < 4.78 is 45.2. The van der Waals surface area contributed by atoms with Crippen molar-refractivity contribution in [1.29, 1.82) is 0 Å². The van der Waals surface area contributed by atoms with Crippen molar-refractivity contribution in [3.05, 3.63) is 28.7 Å². The highest BCUT2D eigenvalue weighted by molar-refractivity contribution is 6.33. The van der Waals surface area contributed by atoms with Crippen molar-refractivity contribution < 1.29 is 17.9 Å². The Morgan fingerprint density at radius 1 is 1.29 bits per heavy atom. The molecule has 9 heteroatoms. The Bertz CT molecular complexity index is 679. The molecule has 2 aromatic heterocycles. The molecule has 1 aliphatic heterocycles. The van der Waals surface area contributed by atoms with E-state index in [1.807, 2.05) is 0 Å². The molecule has 0 aliphatic carbocycles. The molecule has 5 nitrogen and oxygen atoms in total. The summed E-state index contributed by atoms with van der Waals surface area (Å²) in [5.41, 5.74) is 4.70. The Kier molecular flexibility index (Phi) is 3.34. The van der Waals surface area contributed by atoms with Crippen LogP contribution in [-0.4, -0.2) is 27.8 Å². The number of hydrogen-bond donors (Lipinski definition) is 1. The van der Waals surface area contributed by atoms with Crippen molar-refractivity contribution in [2.75, 3.05) is 13.2 Å². The van der Waals surface area contributed by atoms with Gasteiger partial charge in [-0.25, -0.2) is 0 Å².